The van der Waals surface area contributed by atoms with Crippen LogP contribution in [-0.4, -0.2) is 50.8 Å². The van der Waals surface area contributed by atoms with Gasteiger partial charge in [0, 0.05) is 31.9 Å². The highest BCUT2D eigenvalue weighted by molar-refractivity contribution is 5.57. The van der Waals surface area contributed by atoms with Crippen LogP contribution in [0.2, 0.25) is 0 Å². The van der Waals surface area contributed by atoms with Gasteiger partial charge in [-0.3, -0.25) is 4.98 Å². The van der Waals surface area contributed by atoms with Crippen LogP contribution >= 0.6 is 0 Å². The third kappa shape index (κ3) is 3.78. The maximum atomic E-state index is 11.1. The lowest BCUT2D eigenvalue weighted by atomic mass is 9.96. The molecule has 0 amide bonds. The fraction of sp³-hybridized carbons (Fsp3) is 0.600. The van der Waals surface area contributed by atoms with Crippen LogP contribution in [0.3, 0.4) is 0 Å². The van der Waals surface area contributed by atoms with Crippen molar-refractivity contribution in [1.82, 2.24) is 4.98 Å². The van der Waals surface area contributed by atoms with Crippen molar-refractivity contribution < 1.29 is 14.3 Å². The molecule has 2 unspecified atom stereocenters. The topological polar surface area (TPSA) is 77.7 Å². The molecule has 1 aliphatic rings. The molecule has 0 saturated carbocycles. The minimum Gasteiger partial charge on any atom is -0.384 e. The molecule has 1 aromatic heterocycles. The summed E-state index contributed by atoms with van der Waals surface area (Å²) < 4.78 is 10.5. The smallest absolute Gasteiger partial charge is 0.127 e. The van der Waals surface area contributed by atoms with Crippen molar-refractivity contribution >= 4 is 12.0 Å². The van der Waals surface area contributed by atoms with Crippen molar-refractivity contribution in [3.05, 3.63) is 24.0 Å². The van der Waals surface area contributed by atoms with Crippen molar-refractivity contribution in [2.45, 2.75) is 19.0 Å². The first kappa shape index (κ1) is 15.9. The Morgan fingerprint density at radius 3 is 3.10 bits per heavy atom. The normalized spacial score (nSPS) is 21.9. The molecule has 2 rings (SSSR count). The molecule has 0 spiro atoms. The Bertz CT molecular complexity index is 469. The summed E-state index contributed by atoms with van der Waals surface area (Å²) >= 11 is 0. The second-order valence-electron chi connectivity index (χ2n) is 5.37. The molecule has 6 heteroatoms. The van der Waals surface area contributed by atoms with Crippen molar-refractivity contribution in [2.24, 2.45) is 11.7 Å². The summed E-state index contributed by atoms with van der Waals surface area (Å²) in [5, 5.41) is 0. The monoisotopic (exact) mass is 293 g/mol. The first-order chi connectivity index (χ1) is 10.2. The predicted octanol–water partition coefficient (Wildman–Crippen LogP) is 0.768. The minimum absolute atomic E-state index is 0.299. The van der Waals surface area contributed by atoms with E-state index in [0.29, 0.717) is 25.9 Å². The first-order valence-corrected chi connectivity index (χ1v) is 7.16. The van der Waals surface area contributed by atoms with Gasteiger partial charge < -0.3 is 24.9 Å². The van der Waals surface area contributed by atoms with Gasteiger partial charge in [-0.05, 0) is 18.6 Å². The summed E-state index contributed by atoms with van der Waals surface area (Å²) in [5.41, 5.74) is 8.04. The summed E-state index contributed by atoms with van der Waals surface area (Å²) in [7, 11) is 1.56. The Balaban J connectivity index is 2.18. The Labute approximate surface area is 125 Å². The Morgan fingerprint density at radius 1 is 1.62 bits per heavy atom. The van der Waals surface area contributed by atoms with Gasteiger partial charge in [0.25, 0.3) is 0 Å². The van der Waals surface area contributed by atoms with Crippen molar-refractivity contribution in [3.8, 4) is 0 Å². The number of anilines is 1. The Morgan fingerprint density at radius 2 is 2.43 bits per heavy atom. The molecular formula is C15H23N3O3. The zero-order valence-corrected chi connectivity index (χ0v) is 12.6. The average Bonchev–Trinajstić information content (AvgIpc) is 2.52. The number of carbonyl (C=O) groups is 1. The molecule has 0 aliphatic carbocycles. The lowest BCUT2D eigenvalue weighted by Crippen LogP contribution is -2.43. The number of ether oxygens (including phenoxy) is 2. The second-order valence-corrected chi connectivity index (χ2v) is 5.37. The number of nitrogens with zero attached hydrogens (tertiary/aromatic N) is 2. The van der Waals surface area contributed by atoms with Gasteiger partial charge in [-0.15, -0.1) is 0 Å². The second kappa shape index (κ2) is 7.49. The highest BCUT2D eigenvalue weighted by atomic mass is 16.5. The molecule has 3 atom stereocenters. The number of carbonyl (C=O) groups excluding carboxylic acids is 1. The molecule has 2 heterocycles. The summed E-state index contributed by atoms with van der Waals surface area (Å²) in [4.78, 5) is 17.7. The maximum absolute atomic E-state index is 11.1. The molecule has 116 valence electrons. The highest BCUT2D eigenvalue weighted by Crippen LogP contribution is 2.24. The number of morpholine rings is 1. The van der Waals surface area contributed by atoms with E-state index in [2.05, 4.69) is 16.8 Å². The van der Waals surface area contributed by atoms with E-state index in [0.717, 1.165) is 24.1 Å². The highest BCUT2D eigenvalue weighted by Gasteiger charge is 2.23. The van der Waals surface area contributed by atoms with Gasteiger partial charge >= 0.3 is 0 Å². The van der Waals surface area contributed by atoms with Crippen molar-refractivity contribution in [1.29, 1.82) is 0 Å². The van der Waals surface area contributed by atoms with Gasteiger partial charge in [-0.25, -0.2) is 0 Å². The number of pyridine rings is 1. The van der Waals surface area contributed by atoms with Crippen LogP contribution < -0.4 is 10.6 Å². The van der Waals surface area contributed by atoms with E-state index in [9.17, 15) is 4.79 Å². The molecule has 1 aliphatic heterocycles. The number of nitrogens with two attached hydrogens (primary N) is 1. The number of aldehydes is 1. The van der Waals surface area contributed by atoms with Gasteiger partial charge in [0.05, 0.1) is 37.6 Å². The third-order valence-corrected chi connectivity index (χ3v) is 3.82. The minimum atomic E-state index is -0.411. The molecule has 0 aromatic carbocycles. The van der Waals surface area contributed by atoms with Crippen LogP contribution in [0.1, 0.15) is 18.5 Å². The van der Waals surface area contributed by atoms with Crippen LogP contribution in [0.25, 0.3) is 0 Å². The summed E-state index contributed by atoms with van der Waals surface area (Å²) in [6.07, 6.45) is 4.38. The zero-order valence-electron chi connectivity index (χ0n) is 12.6. The molecule has 1 aromatic rings. The molecule has 1 saturated heterocycles. The number of rotatable bonds is 6. The van der Waals surface area contributed by atoms with E-state index in [1.165, 1.54) is 0 Å². The molecule has 21 heavy (non-hydrogen) atoms. The van der Waals surface area contributed by atoms with E-state index >= 15 is 0 Å². The molecule has 0 radical (unpaired) electrons. The zero-order chi connectivity index (χ0) is 15.2. The third-order valence-electron chi connectivity index (χ3n) is 3.82. The molecular weight excluding hydrogens is 270 g/mol. The SMILES string of the molecule is COCC(C=O)C(N)c1cncc(N2CCOC[C@@H]2C)c1. The summed E-state index contributed by atoms with van der Waals surface area (Å²) in [5.74, 6) is -0.367. The van der Waals surface area contributed by atoms with Gasteiger partial charge in [-0.2, -0.15) is 0 Å². The fourth-order valence-corrected chi connectivity index (χ4v) is 2.56. The summed E-state index contributed by atoms with van der Waals surface area (Å²) in [6.45, 7) is 4.67. The molecule has 1 fully saturated rings. The number of hydrogen-bond donors (Lipinski definition) is 1. The average molecular weight is 293 g/mol. The van der Waals surface area contributed by atoms with E-state index in [1.807, 2.05) is 12.3 Å². The lowest BCUT2D eigenvalue weighted by molar-refractivity contribution is -0.113. The summed E-state index contributed by atoms with van der Waals surface area (Å²) in [6, 6.07) is 1.89. The Kier molecular flexibility index (Phi) is 5.67. The maximum Gasteiger partial charge on any atom is 0.127 e. The fourth-order valence-electron chi connectivity index (χ4n) is 2.56. The van der Waals surface area contributed by atoms with Gasteiger partial charge in [0.1, 0.15) is 6.29 Å². The lowest BCUT2D eigenvalue weighted by Gasteiger charge is -2.35. The van der Waals surface area contributed by atoms with Crippen LogP contribution in [0, 0.1) is 5.92 Å². The van der Waals surface area contributed by atoms with Crippen molar-refractivity contribution in [2.75, 3.05) is 38.4 Å². The predicted molar refractivity (Wildman–Crippen MR) is 80.2 cm³/mol. The van der Waals surface area contributed by atoms with Crippen LogP contribution in [0.5, 0.6) is 0 Å². The van der Waals surface area contributed by atoms with E-state index in [4.69, 9.17) is 15.2 Å². The van der Waals surface area contributed by atoms with E-state index in [-0.39, 0.29) is 5.92 Å². The van der Waals surface area contributed by atoms with Crippen molar-refractivity contribution in [3.63, 3.8) is 0 Å². The number of methoxy groups -OCH3 is 1. The largest absolute Gasteiger partial charge is 0.384 e. The van der Waals surface area contributed by atoms with Gasteiger partial charge in [0.15, 0.2) is 0 Å². The molecule has 2 N–H and O–H groups in total. The van der Waals surface area contributed by atoms with Crippen LogP contribution in [0.4, 0.5) is 5.69 Å². The Hall–Kier alpha value is -1.50. The van der Waals surface area contributed by atoms with E-state index < -0.39 is 6.04 Å². The number of hydrogen-bond acceptors (Lipinski definition) is 6. The first-order valence-electron chi connectivity index (χ1n) is 7.16. The quantitative estimate of drug-likeness (QED) is 0.781. The molecule has 0 bridgehead atoms. The van der Waals surface area contributed by atoms with E-state index in [1.54, 1.807) is 13.3 Å². The van der Waals surface area contributed by atoms with Gasteiger partial charge in [0.2, 0.25) is 0 Å². The number of aromatic nitrogens is 1. The molecule has 6 nitrogen and oxygen atoms in total. The standard InChI is InChI=1S/C15H23N3O3/c1-11-9-21-4-3-18(11)14-5-12(6-17-7-14)15(16)13(8-19)10-20-2/h5-8,11,13,15H,3-4,9-10,16H2,1-2H3/t11-,13?,15?/m0/s1. The van der Waals surface area contributed by atoms with Crippen LogP contribution in [-0.2, 0) is 14.3 Å². The van der Waals surface area contributed by atoms with Gasteiger partial charge in [-0.1, -0.05) is 0 Å². The van der Waals surface area contributed by atoms with Crippen LogP contribution in [0.15, 0.2) is 18.5 Å².